The summed E-state index contributed by atoms with van der Waals surface area (Å²) < 4.78 is 11.3. The topological polar surface area (TPSA) is 71.3 Å². The molecule has 0 saturated heterocycles. The molecule has 0 bridgehead atoms. The number of carbonyl (C=O) groups excluding carboxylic acids is 1. The number of nitriles is 1. The van der Waals surface area contributed by atoms with E-state index in [9.17, 15) is 10.1 Å². The van der Waals surface area contributed by atoms with Crippen molar-refractivity contribution in [3.63, 3.8) is 0 Å². The number of hydrogen-bond acceptors (Lipinski definition) is 4. The predicted molar refractivity (Wildman–Crippen MR) is 120 cm³/mol. The Morgan fingerprint density at radius 1 is 1.03 bits per heavy atom. The van der Waals surface area contributed by atoms with Crippen molar-refractivity contribution in [1.82, 2.24) is 5.32 Å². The Hall–Kier alpha value is -4.04. The molecular formula is C26H24N2O3. The predicted octanol–water partition coefficient (Wildman–Crippen LogP) is 5.06. The number of nitrogens with one attached hydrogen (secondary N) is 1. The minimum atomic E-state index is -0.429. The fourth-order valence-electron chi connectivity index (χ4n) is 3.05. The molecule has 3 rings (SSSR count). The van der Waals surface area contributed by atoms with Crippen LogP contribution < -0.4 is 14.8 Å². The average Bonchev–Trinajstić information content (AvgIpc) is 2.82. The quantitative estimate of drug-likeness (QED) is 0.415. The van der Waals surface area contributed by atoms with Gasteiger partial charge < -0.3 is 14.8 Å². The number of ether oxygens (including phenoxy) is 2. The Morgan fingerprint density at radius 2 is 1.71 bits per heavy atom. The second-order valence-electron chi connectivity index (χ2n) is 6.96. The fourth-order valence-corrected chi connectivity index (χ4v) is 3.05. The summed E-state index contributed by atoms with van der Waals surface area (Å²) in [5, 5.41) is 12.4. The molecule has 1 amide bonds. The van der Waals surface area contributed by atoms with Crippen LogP contribution in [0.4, 0.5) is 0 Å². The summed E-state index contributed by atoms with van der Waals surface area (Å²) in [4.78, 5) is 12.6. The number of amides is 1. The first-order chi connectivity index (χ1) is 15.1. The zero-order chi connectivity index (χ0) is 22.1. The highest BCUT2D eigenvalue weighted by molar-refractivity contribution is 6.01. The third kappa shape index (κ3) is 5.97. The van der Waals surface area contributed by atoms with E-state index in [1.165, 1.54) is 0 Å². The van der Waals surface area contributed by atoms with Gasteiger partial charge in [0.1, 0.15) is 18.2 Å². The van der Waals surface area contributed by atoms with E-state index in [4.69, 9.17) is 9.47 Å². The van der Waals surface area contributed by atoms with Crippen LogP contribution in [0.2, 0.25) is 0 Å². The van der Waals surface area contributed by atoms with Crippen LogP contribution in [0.3, 0.4) is 0 Å². The molecule has 5 heteroatoms. The van der Waals surface area contributed by atoms with Crippen molar-refractivity contribution in [2.75, 3.05) is 7.11 Å². The zero-order valence-corrected chi connectivity index (χ0v) is 17.5. The van der Waals surface area contributed by atoms with Gasteiger partial charge in [-0.05, 0) is 41.8 Å². The monoisotopic (exact) mass is 412 g/mol. The lowest BCUT2D eigenvalue weighted by atomic mass is 10.1. The molecule has 0 aromatic heterocycles. The van der Waals surface area contributed by atoms with E-state index in [0.29, 0.717) is 23.7 Å². The molecule has 0 unspecified atom stereocenters. The average molecular weight is 412 g/mol. The maximum Gasteiger partial charge on any atom is 0.262 e. The summed E-state index contributed by atoms with van der Waals surface area (Å²) in [7, 11) is 1.57. The smallest absolute Gasteiger partial charge is 0.262 e. The van der Waals surface area contributed by atoms with Gasteiger partial charge in [0.25, 0.3) is 5.91 Å². The molecule has 0 spiro atoms. The number of benzene rings is 3. The maximum absolute atomic E-state index is 12.6. The molecule has 0 fully saturated rings. The van der Waals surface area contributed by atoms with Gasteiger partial charge in [-0.3, -0.25) is 4.79 Å². The van der Waals surface area contributed by atoms with Crippen molar-refractivity contribution in [2.24, 2.45) is 0 Å². The van der Waals surface area contributed by atoms with Gasteiger partial charge in [-0.15, -0.1) is 0 Å². The molecule has 5 nitrogen and oxygen atoms in total. The third-order valence-corrected chi connectivity index (χ3v) is 4.75. The van der Waals surface area contributed by atoms with Gasteiger partial charge in [-0.1, -0.05) is 66.7 Å². The van der Waals surface area contributed by atoms with Crippen LogP contribution in [0.15, 0.2) is 84.4 Å². The zero-order valence-electron chi connectivity index (χ0n) is 17.5. The Labute approximate surface area is 182 Å². The van der Waals surface area contributed by atoms with Crippen molar-refractivity contribution in [3.8, 4) is 17.6 Å². The lowest BCUT2D eigenvalue weighted by Gasteiger charge is -2.14. The Kier molecular flexibility index (Phi) is 7.45. The summed E-state index contributed by atoms with van der Waals surface area (Å²) in [6, 6.07) is 26.5. The lowest BCUT2D eigenvalue weighted by molar-refractivity contribution is -0.117. The minimum Gasteiger partial charge on any atom is -0.493 e. The fraction of sp³-hybridized carbons (Fsp3) is 0.154. The molecule has 1 atom stereocenters. The second-order valence-corrected chi connectivity index (χ2v) is 6.96. The van der Waals surface area contributed by atoms with Crippen LogP contribution in [-0.2, 0) is 11.4 Å². The van der Waals surface area contributed by atoms with Crippen molar-refractivity contribution < 1.29 is 14.3 Å². The summed E-state index contributed by atoms with van der Waals surface area (Å²) in [6.07, 6.45) is 1.54. The third-order valence-electron chi connectivity index (χ3n) is 4.75. The van der Waals surface area contributed by atoms with Crippen molar-refractivity contribution >= 4 is 12.0 Å². The molecule has 156 valence electrons. The van der Waals surface area contributed by atoms with Gasteiger partial charge in [0, 0.05) is 0 Å². The van der Waals surface area contributed by atoms with Crippen LogP contribution in [0.1, 0.15) is 29.7 Å². The normalized spacial score (nSPS) is 11.8. The Balaban J connectivity index is 1.76. The van der Waals surface area contributed by atoms with Gasteiger partial charge >= 0.3 is 0 Å². The van der Waals surface area contributed by atoms with Crippen molar-refractivity contribution in [3.05, 3.63) is 101 Å². The molecule has 31 heavy (non-hydrogen) atoms. The SMILES string of the molecule is COc1ccc(/C=C(\C#N)C(=O)N[C@H](C)c2ccccc2)cc1OCc1ccccc1. The lowest BCUT2D eigenvalue weighted by Crippen LogP contribution is -2.27. The van der Waals surface area contributed by atoms with Crippen molar-refractivity contribution in [2.45, 2.75) is 19.6 Å². The van der Waals surface area contributed by atoms with E-state index in [-0.39, 0.29) is 11.6 Å². The molecule has 0 aliphatic carbocycles. The van der Waals surface area contributed by atoms with Crippen LogP contribution >= 0.6 is 0 Å². The molecule has 0 aliphatic heterocycles. The molecule has 0 aliphatic rings. The number of methoxy groups -OCH3 is 1. The van der Waals surface area contributed by atoms with E-state index < -0.39 is 5.91 Å². The van der Waals surface area contributed by atoms with Crippen molar-refractivity contribution in [1.29, 1.82) is 5.26 Å². The van der Waals surface area contributed by atoms with E-state index in [2.05, 4.69) is 5.32 Å². The molecule has 0 saturated carbocycles. The van der Waals surface area contributed by atoms with Crippen LogP contribution in [0.25, 0.3) is 6.08 Å². The van der Waals surface area contributed by atoms with Gasteiger partial charge in [-0.25, -0.2) is 0 Å². The number of nitrogens with zero attached hydrogens (tertiary/aromatic N) is 1. The highest BCUT2D eigenvalue weighted by Crippen LogP contribution is 2.30. The maximum atomic E-state index is 12.6. The molecule has 1 N–H and O–H groups in total. The molecule has 3 aromatic rings. The summed E-state index contributed by atoms with van der Waals surface area (Å²) >= 11 is 0. The second kappa shape index (κ2) is 10.7. The summed E-state index contributed by atoms with van der Waals surface area (Å²) in [5.74, 6) is 0.686. The van der Waals surface area contributed by atoms with E-state index in [1.54, 1.807) is 31.4 Å². The first-order valence-electron chi connectivity index (χ1n) is 9.93. The largest absolute Gasteiger partial charge is 0.493 e. The first-order valence-corrected chi connectivity index (χ1v) is 9.93. The Bertz CT molecular complexity index is 1090. The highest BCUT2D eigenvalue weighted by atomic mass is 16.5. The molecular weight excluding hydrogens is 388 g/mol. The standard InChI is InChI=1S/C26H24N2O3/c1-19(22-11-7-4-8-12-22)28-26(29)23(17-27)15-21-13-14-24(30-2)25(16-21)31-18-20-9-5-3-6-10-20/h3-16,19H,18H2,1-2H3,(H,28,29)/b23-15+/t19-/m1/s1. The number of carbonyl (C=O) groups is 1. The Morgan fingerprint density at radius 3 is 2.35 bits per heavy atom. The summed E-state index contributed by atoms with van der Waals surface area (Å²) in [5.41, 5.74) is 2.68. The van der Waals surface area contributed by atoms with Gasteiger partial charge in [0.2, 0.25) is 0 Å². The number of rotatable bonds is 8. The van der Waals surface area contributed by atoms with E-state index in [1.807, 2.05) is 73.7 Å². The minimum absolute atomic E-state index is 0.0157. The summed E-state index contributed by atoms with van der Waals surface area (Å²) in [6.45, 7) is 2.26. The van der Waals surface area contributed by atoms with Gasteiger partial charge in [0.05, 0.1) is 13.2 Å². The molecule has 0 radical (unpaired) electrons. The van der Waals surface area contributed by atoms with Gasteiger partial charge in [-0.2, -0.15) is 5.26 Å². The molecule has 3 aromatic carbocycles. The van der Waals surface area contributed by atoms with Gasteiger partial charge in [0.15, 0.2) is 11.5 Å². The van der Waals surface area contributed by atoms with E-state index >= 15 is 0 Å². The van der Waals surface area contributed by atoms with Crippen LogP contribution in [0, 0.1) is 11.3 Å². The molecule has 0 heterocycles. The van der Waals surface area contributed by atoms with Crippen LogP contribution in [0.5, 0.6) is 11.5 Å². The van der Waals surface area contributed by atoms with Crippen LogP contribution in [-0.4, -0.2) is 13.0 Å². The number of hydrogen-bond donors (Lipinski definition) is 1. The first kappa shape index (κ1) is 21.7. The highest BCUT2D eigenvalue weighted by Gasteiger charge is 2.14. The van der Waals surface area contributed by atoms with E-state index in [0.717, 1.165) is 11.1 Å².